The fraction of sp³-hybridized carbons (Fsp3) is 0.333. The molecule has 0 spiro atoms. The summed E-state index contributed by atoms with van der Waals surface area (Å²) in [6.45, 7) is 1.21. The minimum Gasteiger partial charge on any atom is -0.494 e. The third kappa shape index (κ3) is 11.5. The van der Waals surface area contributed by atoms with Gasteiger partial charge in [-0.25, -0.2) is 4.79 Å². The van der Waals surface area contributed by atoms with E-state index in [4.69, 9.17) is 9.47 Å². The molecular formula is C39H44O4. The number of carbonyl (C=O) groups excluding carboxylic acids is 2. The van der Waals surface area contributed by atoms with Crippen molar-refractivity contribution in [3.8, 4) is 5.75 Å². The average molecular weight is 577 g/mol. The standard InChI is InChI=1S/C39H44O4/c40-38(34-19-13-10-14-20-34)35-23-25-36(26-24-35)39(41)43-30-16-8-6-4-2-1-3-5-7-15-29-42-37-27-21-33(22-28-37)31-32-17-11-9-12-18-32/h9-14,17-28H,1-8,15-16,29-31H2. The summed E-state index contributed by atoms with van der Waals surface area (Å²) in [6.07, 6.45) is 12.7. The number of hydrogen-bond acceptors (Lipinski definition) is 4. The first-order valence-corrected chi connectivity index (χ1v) is 15.8. The fourth-order valence-electron chi connectivity index (χ4n) is 5.11. The first-order chi connectivity index (χ1) is 21.2. The van der Waals surface area contributed by atoms with Crippen LogP contribution in [0.5, 0.6) is 5.75 Å². The summed E-state index contributed by atoms with van der Waals surface area (Å²) in [4.78, 5) is 24.8. The highest BCUT2D eigenvalue weighted by Crippen LogP contribution is 2.17. The molecule has 0 fully saturated rings. The number of unbranched alkanes of at least 4 members (excludes halogenated alkanes) is 9. The molecule has 4 aromatic carbocycles. The Hall–Kier alpha value is -4.18. The summed E-state index contributed by atoms with van der Waals surface area (Å²) in [5, 5.41) is 0. The van der Waals surface area contributed by atoms with Crippen LogP contribution in [0.1, 0.15) is 102 Å². The van der Waals surface area contributed by atoms with Crippen molar-refractivity contribution in [2.75, 3.05) is 13.2 Å². The minimum atomic E-state index is -0.333. The van der Waals surface area contributed by atoms with Gasteiger partial charge in [0.05, 0.1) is 18.8 Å². The quantitative estimate of drug-likeness (QED) is 0.0633. The molecule has 43 heavy (non-hydrogen) atoms. The molecule has 0 heterocycles. The van der Waals surface area contributed by atoms with Gasteiger partial charge < -0.3 is 9.47 Å². The van der Waals surface area contributed by atoms with E-state index < -0.39 is 0 Å². The van der Waals surface area contributed by atoms with Crippen molar-refractivity contribution in [1.82, 2.24) is 0 Å². The van der Waals surface area contributed by atoms with E-state index in [1.54, 1.807) is 36.4 Å². The van der Waals surface area contributed by atoms with Crippen molar-refractivity contribution in [3.05, 3.63) is 137 Å². The third-order valence-corrected chi connectivity index (χ3v) is 7.63. The molecule has 0 unspecified atom stereocenters. The molecule has 4 aromatic rings. The zero-order chi connectivity index (χ0) is 30.0. The Morgan fingerprint density at radius 1 is 0.442 bits per heavy atom. The second-order valence-corrected chi connectivity index (χ2v) is 11.1. The first kappa shape index (κ1) is 31.7. The normalized spacial score (nSPS) is 10.8. The van der Waals surface area contributed by atoms with Gasteiger partial charge in [-0.2, -0.15) is 0 Å². The maximum absolute atomic E-state index is 12.5. The van der Waals surface area contributed by atoms with Crippen molar-refractivity contribution in [3.63, 3.8) is 0 Å². The van der Waals surface area contributed by atoms with Gasteiger partial charge in [0.25, 0.3) is 0 Å². The van der Waals surface area contributed by atoms with Gasteiger partial charge in [-0.3, -0.25) is 4.79 Å². The molecule has 0 aliphatic heterocycles. The lowest BCUT2D eigenvalue weighted by Gasteiger charge is -2.08. The van der Waals surface area contributed by atoms with E-state index in [1.165, 1.54) is 56.1 Å². The molecule has 0 saturated heterocycles. The number of rotatable bonds is 19. The minimum absolute atomic E-state index is 0.0532. The van der Waals surface area contributed by atoms with Crippen LogP contribution in [0.25, 0.3) is 0 Å². The molecule has 0 aliphatic carbocycles. The summed E-state index contributed by atoms with van der Waals surface area (Å²) >= 11 is 0. The maximum atomic E-state index is 12.5. The Labute approximate surface area is 257 Å². The van der Waals surface area contributed by atoms with E-state index in [9.17, 15) is 9.59 Å². The Morgan fingerprint density at radius 3 is 1.51 bits per heavy atom. The predicted molar refractivity (Wildman–Crippen MR) is 174 cm³/mol. The molecule has 4 heteroatoms. The number of carbonyl (C=O) groups is 2. The second-order valence-electron chi connectivity index (χ2n) is 11.1. The number of hydrogen-bond donors (Lipinski definition) is 0. The molecule has 224 valence electrons. The van der Waals surface area contributed by atoms with Gasteiger partial charge in [-0.1, -0.05) is 136 Å². The molecule has 0 bridgehead atoms. The topological polar surface area (TPSA) is 52.6 Å². The highest BCUT2D eigenvalue weighted by Gasteiger charge is 2.11. The van der Waals surface area contributed by atoms with E-state index in [-0.39, 0.29) is 11.8 Å². The Balaban J connectivity index is 0.944. The Kier molecular flexibility index (Phi) is 13.6. The zero-order valence-electron chi connectivity index (χ0n) is 25.2. The highest BCUT2D eigenvalue weighted by molar-refractivity contribution is 6.09. The van der Waals surface area contributed by atoms with E-state index in [0.29, 0.717) is 23.3 Å². The highest BCUT2D eigenvalue weighted by atomic mass is 16.5. The lowest BCUT2D eigenvalue weighted by molar-refractivity contribution is 0.0497. The summed E-state index contributed by atoms with van der Waals surface area (Å²) in [6, 6.07) is 34.9. The van der Waals surface area contributed by atoms with Crippen LogP contribution < -0.4 is 4.74 Å². The Bertz CT molecular complexity index is 1350. The maximum Gasteiger partial charge on any atom is 0.338 e. The molecular weight excluding hydrogens is 532 g/mol. The van der Waals surface area contributed by atoms with E-state index in [0.717, 1.165) is 38.0 Å². The van der Waals surface area contributed by atoms with Crippen LogP contribution in [-0.2, 0) is 11.2 Å². The largest absolute Gasteiger partial charge is 0.494 e. The van der Waals surface area contributed by atoms with Crippen molar-refractivity contribution < 1.29 is 19.1 Å². The molecule has 4 rings (SSSR count). The summed E-state index contributed by atoms with van der Waals surface area (Å²) < 4.78 is 11.4. The fourth-order valence-corrected chi connectivity index (χ4v) is 5.11. The number of ether oxygens (including phenoxy) is 2. The third-order valence-electron chi connectivity index (χ3n) is 7.63. The smallest absolute Gasteiger partial charge is 0.338 e. The average Bonchev–Trinajstić information content (AvgIpc) is 3.06. The Morgan fingerprint density at radius 2 is 0.907 bits per heavy atom. The lowest BCUT2D eigenvalue weighted by Crippen LogP contribution is -2.07. The van der Waals surface area contributed by atoms with Crippen LogP contribution in [0.3, 0.4) is 0 Å². The number of benzene rings is 4. The van der Waals surface area contributed by atoms with E-state index in [1.807, 2.05) is 18.2 Å². The summed E-state index contributed by atoms with van der Waals surface area (Å²) in [5.74, 6) is 0.570. The van der Waals surface area contributed by atoms with Crippen LogP contribution in [0, 0.1) is 0 Å². The molecule has 0 amide bonds. The van der Waals surface area contributed by atoms with Gasteiger partial charge in [0.15, 0.2) is 5.78 Å². The molecule has 0 radical (unpaired) electrons. The molecule has 0 atom stereocenters. The summed E-state index contributed by atoms with van der Waals surface area (Å²) in [7, 11) is 0. The van der Waals surface area contributed by atoms with Crippen LogP contribution in [-0.4, -0.2) is 25.0 Å². The zero-order valence-corrected chi connectivity index (χ0v) is 25.2. The van der Waals surface area contributed by atoms with Crippen molar-refractivity contribution in [2.24, 2.45) is 0 Å². The number of ketones is 1. The van der Waals surface area contributed by atoms with Gasteiger partial charge >= 0.3 is 5.97 Å². The molecule has 0 aromatic heterocycles. The van der Waals surface area contributed by atoms with Gasteiger partial charge in [0.1, 0.15) is 5.75 Å². The summed E-state index contributed by atoms with van der Waals surface area (Å²) in [5.41, 5.74) is 4.31. The van der Waals surface area contributed by atoms with Crippen LogP contribution in [0.15, 0.2) is 109 Å². The van der Waals surface area contributed by atoms with Crippen LogP contribution in [0.2, 0.25) is 0 Å². The van der Waals surface area contributed by atoms with Crippen molar-refractivity contribution >= 4 is 11.8 Å². The first-order valence-electron chi connectivity index (χ1n) is 15.8. The van der Waals surface area contributed by atoms with E-state index in [2.05, 4.69) is 54.6 Å². The SMILES string of the molecule is O=C(OCCCCCCCCCCCCOc1ccc(Cc2ccccc2)cc1)c1ccc(C(=O)c2ccccc2)cc1. The van der Waals surface area contributed by atoms with Gasteiger partial charge in [-0.15, -0.1) is 0 Å². The van der Waals surface area contributed by atoms with Crippen LogP contribution in [0.4, 0.5) is 0 Å². The molecule has 0 N–H and O–H groups in total. The van der Waals surface area contributed by atoms with Crippen LogP contribution >= 0.6 is 0 Å². The number of esters is 1. The van der Waals surface area contributed by atoms with Gasteiger partial charge in [0.2, 0.25) is 0 Å². The second kappa shape index (κ2) is 18.4. The van der Waals surface area contributed by atoms with Crippen molar-refractivity contribution in [2.45, 2.75) is 70.6 Å². The molecule has 4 nitrogen and oxygen atoms in total. The monoisotopic (exact) mass is 576 g/mol. The van der Waals surface area contributed by atoms with Gasteiger partial charge in [0, 0.05) is 11.1 Å². The van der Waals surface area contributed by atoms with Gasteiger partial charge in [-0.05, 0) is 54.7 Å². The van der Waals surface area contributed by atoms with Crippen molar-refractivity contribution in [1.29, 1.82) is 0 Å². The predicted octanol–water partition coefficient (Wildman–Crippen LogP) is 9.65. The molecule has 0 saturated carbocycles. The molecule has 0 aliphatic rings. The van der Waals surface area contributed by atoms with E-state index >= 15 is 0 Å². The lowest BCUT2D eigenvalue weighted by atomic mass is 10.0.